The van der Waals surface area contributed by atoms with Crippen molar-refractivity contribution in [2.45, 2.75) is 24.9 Å². The van der Waals surface area contributed by atoms with E-state index < -0.39 is 24.0 Å². The quantitative estimate of drug-likeness (QED) is 0.255. The molecule has 0 spiro atoms. The molecule has 0 heterocycles. The predicted molar refractivity (Wildman–Crippen MR) is 148 cm³/mol. The van der Waals surface area contributed by atoms with Gasteiger partial charge in [0.1, 0.15) is 18.4 Å². The first kappa shape index (κ1) is 27.1. The Hall–Kier alpha value is -4.91. The van der Waals surface area contributed by atoms with Crippen LogP contribution in [0.15, 0.2) is 115 Å². The minimum atomic E-state index is -1.01. The molecule has 0 unspecified atom stereocenters. The minimum absolute atomic E-state index is 0.0560. The zero-order valence-corrected chi connectivity index (χ0v) is 21.3. The van der Waals surface area contributed by atoms with Crippen molar-refractivity contribution in [2.24, 2.45) is 0 Å². The topological polar surface area (TPSA) is 105 Å². The van der Waals surface area contributed by atoms with Gasteiger partial charge in [-0.2, -0.15) is 0 Å². The van der Waals surface area contributed by atoms with Crippen LogP contribution in [0, 0.1) is 0 Å². The lowest BCUT2D eigenvalue weighted by Crippen LogP contribution is -2.46. The highest BCUT2D eigenvalue weighted by Gasteiger charge is 2.26. The van der Waals surface area contributed by atoms with Gasteiger partial charge in [0.05, 0.1) is 11.6 Å². The number of hydrogen-bond acceptors (Lipinski definition) is 5. The summed E-state index contributed by atoms with van der Waals surface area (Å²) in [6, 6.07) is 32.3. The number of carbonyl (C=O) groups is 3. The maximum atomic E-state index is 13.3. The van der Waals surface area contributed by atoms with Gasteiger partial charge in [0.2, 0.25) is 0 Å². The molecule has 198 valence electrons. The molecule has 0 radical (unpaired) electrons. The SMILES string of the molecule is O=C(N[C@H](COC(=O)[C@H](Cc1ccccc1)NC(=O)c1ccccc1O)Cc1ccccc1)c1ccccc1. The van der Waals surface area contributed by atoms with Crippen molar-refractivity contribution in [3.8, 4) is 5.75 Å². The molecule has 7 heteroatoms. The van der Waals surface area contributed by atoms with E-state index in [1.165, 1.54) is 12.1 Å². The van der Waals surface area contributed by atoms with E-state index in [-0.39, 0.29) is 30.2 Å². The van der Waals surface area contributed by atoms with Gasteiger partial charge in [-0.1, -0.05) is 91.0 Å². The number of ether oxygens (including phenoxy) is 1. The van der Waals surface area contributed by atoms with Crippen molar-refractivity contribution < 1.29 is 24.2 Å². The van der Waals surface area contributed by atoms with Crippen molar-refractivity contribution in [1.82, 2.24) is 10.6 Å². The summed E-state index contributed by atoms with van der Waals surface area (Å²) in [5, 5.41) is 15.8. The summed E-state index contributed by atoms with van der Waals surface area (Å²) in [7, 11) is 0. The third-order valence-electron chi connectivity index (χ3n) is 6.14. The lowest BCUT2D eigenvalue weighted by atomic mass is 10.0. The summed E-state index contributed by atoms with van der Waals surface area (Å²) in [6.07, 6.45) is 0.638. The van der Waals surface area contributed by atoms with Crippen LogP contribution in [0.25, 0.3) is 0 Å². The molecule has 7 nitrogen and oxygen atoms in total. The number of rotatable bonds is 11. The summed E-state index contributed by atoms with van der Waals surface area (Å²) in [5.41, 5.74) is 2.36. The van der Waals surface area contributed by atoms with E-state index >= 15 is 0 Å². The van der Waals surface area contributed by atoms with Gasteiger partial charge >= 0.3 is 5.97 Å². The van der Waals surface area contributed by atoms with E-state index in [1.807, 2.05) is 66.7 Å². The molecule has 0 fully saturated rings. The van der Waals surface area contributed by atoms with Crippen LogP contribution < -0.4 is 10.6 Å². The van der Waals surface area contributed by atoms with E-state index in [2.05, 4.69) is 10.6 Å². The van der Waals surface area contributed by atoms with Crippen LogP contribution in [0.4, 0.5) is 0 Å². The Morgan fingerprint density at radius 3 is 1.79 bits per heavy atom. The lowest BCUT2D eigenvalue weighted by molar-refractivity contribution is -0.146. The van der Waals surface area contributed by atoms with Crippen LogP contribution in [0.1, 0.15) is 31.8 Å². The number of benzene rings is 4. The standard InChI is InChI=1S/C32H30N2O5/c35-29-19-11-10-18-27(29)31(37)34-28(21-24-14-6-2-7-15-24)32(38)39-22-26(20-23-12-4-1-5-13-23)33-30(36)25-16-8-3-9-17-25/h1-19,26,28,35H,20-22H2,(H,33,36)(H,34,37)/t26-,28-/m0/s1. The van der Waals surface area contributed by atoms with Gasteiger partial charge in [-0.05, 0) is 41.8 Å². The summed E-state index contributed by atoms with van der Waals surface area (Å²) >= 11 is 0. The number of esters is 1. The number of phenols is 1. The monoisotopic (exact) mass is 522 g/mol. The van der Waals surface area contributed by atoms with Crippen LogP contribution in [0.3, 0.4) is 0 Å². The van der Waals surface area contributed by atoms with Crippen molar-refractivity contribution in [2.75, 3.05) is 6.61 Å². The van der Waals surface area contributed by atoms with E-state index in [4.69, 9.17) is 4.74 Å². The Kier molecular flexibility index (Phi) is 9.45. The maximum Gasteiger partial charge on any atom is 0.329 e. The molecule has 0 aliphatic heterocycles. The molecular weight excluding hydrogens is 492 g/mol. The molecule has 4 aromatic rings. The van der Waals surface area contributed by atoms with E-state index in [0.29, 0.717) is 12.0 Å². The van der Waals surface area contributed by atoms with E-state index in [0.717, 1.165) is 11.1 Å². The fourth-order valence-corrected chi connectivity index (χ4v) is 4.14. The largest absolute Gasteiger partial charge is 0.507 e. The number of nitrogens with one attached hydrogen (secondary N) is 2. The molecule has 0 aromatic heterocycles. The molecule has 0 bridgehead atoms. The first-order valence-corrected chi connectivity index (χ1v) is 12.7. The Labute approximate surface area is 227 Å². The number of aromatic hydroxyl groups is 1. The van der Waals surface area contributed by atoms with Gasteiger partial charge in [0, 0.05) is 12.0 Å². The maximum absolute atomic E-state index is 13.3. The average molecular weight is 523 g/mol. The van der Waals surface area contributed by atoms with Crippen LogP contribution in [0.2, 0.25) is 0 Å². The summed E-state index contributed by atoms with van der Waals surface area (Å²) in [4.78, 5) is 39.1. The Balaban J connectivity index is 1.49. The van der Waals surface area contributed by atoms with Crippen LogP contribution in [-0.2, 0) is 22.4 Å². The molecule has 2 atom stereocenters. The van der Waals surface area contributed by atoms with Gasteiger partial charge < -0.3 is 20.5 Å². The second kappa shape index (κ2) is 13.6. The van der Waals surface area contributed by atoms with Crippen LogP contribution in [0.5, 0.6) is 5.75 Å². The second-order valence-electron chi connectivity index (χ2n) is 9.09. The first-order chi connectivity index (χ1) is 19.0. The highest BCUT2D eigenvalue weighted by molar-refractivity contribution is 5.99. The fourth-order valence-electron chi connectivity index (χ4n) is 4.14. The van der Waals surface area contributed by atoms with Crippen molar-refractivity contribution in [1.29, 1.82) is 0 Å². The fraction of sp³-hybridized carbons (Fsp3) is 0.156. The number of carbonyl (C=O) groups excluding carboxylic acids is 3. The molecule has 2 amide bonds. The number of para-hydroxylation sites is 1. The van der Waals surface area contributed by atoms with Crippen LogP contribution >= 0.6 is 0 Å². The summed E-state index contributed by atoms with van der Waals surface area (Å²) < 4.78 is 5.68. The third kappa shape index (κ3) is 8.04. The smallest absolute Gasteiger partial charge is 0.329 e. The molecule has 0 saturated heterocycles. The van der Waals surface area contributed by atoms with Gasteiger partial charge in [-0.3, -0.25) is 9.59 Å². The molecular formula is C32H30N2O5. The molecule has 39 heavy (non-hydrogen) atoms. The molecule has 0 saturated carbocycles. The highest BCUT2D eigenvalue weighted by atomic mass is 16.5. The summed E-state index contributed by atoms with van der Waals surface area (Å²) in [5.74, 6) is -1.70. The molecule has 3 N–H and O–H groups in total. The van der Waals surface area contributed by atoms with Crippen molar-refractivity contribution in [3.05, 3.63) is 138 Å². The number of phenolic OH excluding ortho intramolecular Hbond substituents is 1. The molecule has 4 aromatic carbocycles. The third-order valence-corrected chi connectivity index (χ3v) is 6.14. The Morgan fingerprint density at radius 1 is 0.641 bits per heavy atom. The predicted octanol–water partition coefficient (Wildman–Crippen LogP) is 4.32. The Bertz CT molecular complexity index is 1380. The van der Waals surface area contributed by atoms with E-state index in [1.54, 1.807) is 36.4 Å². The molecule has 0 aliphatic rings. The summed E-state index contributed by atoms with van der Waals surface area (Å²) in [6.45, 7) is -0.0932. The van der Waals surface area contributed by atoms with Crippen molar-refractivity contribution >= 4 is 17.8 Å². The molecule has 4 rings (SSSR count). The van der Waals surface area contributed by atoms with Gasteiger partial charge in [-0.25, -0.2) is 4.79 Å². The molecule has 0 aliphatic carbocycles. The Morgan fingerprint density at radius 2 is 1.18 bits per heavy atom. The number of amides is 2. The first-order valence-electron chi connectivity index (χ1n) is 12.7. The van der Waals surface area contributed by atoms with Crippen LogP contribution in [-0.4, -0.2) is 41.6 Å². The number of hydrogen-bond donors (Lipinski definition) is 3. The average Bonchev–Trinajstić information content (AvgIpc) is 2.97. The zero-order chi connectivity index (χ0) is 27.5. The normalized spacial score (nSPS) is 12.1. The lowest BCUT2D eigenvalue weighted by Gasteiger charge is -2.22. The second-order valence-corrected chi connectivity index (χ2v) is 9.09. The highest BCUT2D eigenvalue weighted by Crippen LogP contribution is 2.16. The van der Waals surface area contributed by atoms with Gasteiger partial charge in [0.25, 0.3) is 11.8 Å². The van der Waals surface area contributed by atoms with Gasteiger partial charge in [0.15, 0.2) is 0 Å². The van der Waals surface area contributed by atoms with Crippen molar-refractivity contribution in [3.63, 3.8) is 0 Å². The zero-order valence-electron chi connectivity index (χ0n) is 21.3. The van der Waals surface area contributed by atoms with E-state index in [9.17, 15) is 19.5 Å². The minimum Gasteiger partial charge on any atom is -0.507 e. The van der Waals surface area contributed by atoms with Gasteiger partial charge in [-0.15, -0.1) is 0 Å².